The highest BCUT2D eigenvalue weighted by Crippen LogP contribution is 2.26. The van der Waals surface area contributed by atoms with Crippen molar-refractivity contribution in [1.82, 2.24) is 30.4 Å². The minimum absolute atomic E-state index is 0.304. The normalized spacial score (nSPS) is 23.3. The molecule has 1 aliphatic heterocycles. The van der Waals surface area contributed by atoms with Gasteiger partial charge in [-0.3, -0.25) is 9.80 Å². The van der Waals surface area contributed by atoms with E-state index in [0.717, 1.165) is 51.3 Å². The SMILES string of the molecule is O[C@@H]1CN(CCc2nn[nH]n2)CCN(C2Cc3ccccc3C2)C1. The van der Waals surface area contributed by atoms with Crippen LogP contribution in [0.4, 0.5) is 0 Å². The van der Waals surface area contributed by atoms with Gasteiger partial charge < -0.3 is 5.11 Å². The Labute approximate surface area is 141 Å². The molecule has 4 rings (SSSR count). The lowest BCUT2D eigenvalue weighted by atomic mass is 10.1. The smallest absolute Gasteiger partial charge is 0.175 e. The molecule has 0 unspecified atom stereocenters. The van der Waals surface area contributed by atoms with E-state index >= 15 is 0 Å². The van der Waals surface area contributed by atoms with Gasteiger partial charge in [-0.1, -0.05) is 29.5 Å². The van der Waals surface area contributed by atoms with Crippen molar-refractivity contribution < 1.29 is 5.11 Å². The molecule has 1 aromatic heterocycles. The molecule has 0 amide bonds. The van der Waals surface area contributed by atoms with E-state index in [0.29, 0.717) is 12.6 Å². The Bertz CT molecular complexity index is 636. The molecule has 2 aliphatic rings. The van der Waals surface area contributed by atoms with Crippen molar-refractivity contribution in [2.45, 2.75) is 31.4 Å². The minimum Gasteiger partial charge on any atom is -0.390 e. The number of hydrogen-bond acceptors (Lipinski definition) is 6. The molecule has 2 heterocycles. The van der Waals surface area contributed by atoms with Crippen LogP contribution in [-0.2, 0) is 19.3 Å². The molecular formula is C17H24N6O. The molecule has 24 heavy (non-hydrogen) atoms. The molecule has 1 atom stereocenters. The highest BCUT2D eigenvalue weighted by atomic mass is 16.3. The zero-order valence-electron chi connectivity index (χ0n) is 13.8. The number of β-amino-alcohol motifs (C(OH)–C–C–N with tert-alkyl or cyclic N) is 1. The Morgan fingerprint density at radius 1 is 1.12 bits per heavy atom. The van der Waals surface area contributed by atoms with Crippen LogP contribution < -0.4 is 0 Å². The van der Waals surface area contributed by atoms with Crippen molar-refractivity contribution in [2.75, 3.05) is 32.7 Å². The lowest BCUT2D eigenvalue weighted by Gasteiger charge is -2.28. The van der Waals surface area contributed by atoms with E-state index in [1.54, 1.807) is 0 Å². The molecule has 0 bridgehead atoms. The van der Waals surface area contributed by atoms with Crippen molar-refractivity contribution >= 4 is 0 Å². The largest absolute Gasteiger partial charge is 0.390 e. The first-order chi connectivity index (χ1) is 11.8. The molecule has 0 spiro atoms. The maximum atomic E-state index is 10.4. The fourth-order valence-corrected chi connectivity index (χ4v) is 3.95. The summed E-state index contributed by atoms with van der Waals surface area (Å²) in [6.45, 7) is 4.31. The monoisotopic (exact) mass is 328 g/mol. The second-order valence-electron chi connectivity index (χ2n) is 6.86. The molecule has 2 aromatic rings. The van der Waals surface area contributed by atoms with Gasteiger partial charge in [-0.15, -0.1) is 10.2 Å². The Morgan fingerprint density at radius 3 is 2.62 bits per heavy atom. The van der Waals surface area contributed by atoms with Crippen LogP contribution >= 0.6 is 0 Å². The summed E-state index contributed by atoms with van der Waals surface area (Å²) in [5.41, 5.74) is 2.94. The van der Waals surface area contributed by atoms with Gasteiger partial charge in [-0.05, 0) is 24.0 Å². The number of H-pyrrole nitrogens is 1. The number of benzene rings is 1. The highest BCUT2D eigenvalue weighted by Gasteiger charge is 2.30. The zero-order chi connectivity index (χ0) is 16.4. The van der Waals surface area contributed by atoms with Crippen LogP contribution in [0.1, 0.15) is 17.0 Å². The second kappa shape index (κ2) is 6.96. The Morgan fingerprint density at radius 2 is 1.92 bits per heavy atom. The standard InChI is InChI=1S/C17H24N6O/c24-16-11-22(6-5-17-18-20-21-19-17)7-8-23(12-16)15-9-13-3-1-2-4-14(13)10-15/h1-4,15-16,24H,5-12H2,(H,18,19,20,21)/t16-/m1/s1. The van der Waals surface area contributed by atoms with Crippen LogP contribution in [0.5, 0.6) is 0 Å². The van der Waals surface area contributed by atoms with Gasteiger partial charge in [-0.25, -0.2) is 0 Å². The molecular weight excluding hydrogens is 304 g/mol. The summed E-state index contributed by atoms with van der Waals surface area (Å²) in [6, 6.07) is 9.24. The van der Waals surface area contributed by atoms with Crippen LogP contribution in [0.15, 0.2) is 24.3 Å². The molecule has 1 aromatic carbocycles. The van der Waals surface area contributed by atoms with Gasteiger partial charge in [0.15, 0.2) is 5.82 Å². The number of aliphatic hydroxyl groups is 1. The number of aromatic nitrogens is 4. The molecule has 7 heteroatoms. The second-order valence-corrected chi connectivity index (χ2v) is 6.86. The van der Waals surface area contributed by atoms with Crippen molar-refractivity contribution in [3.05, 3.63) is 41.2 Å². The average molecular weight is 328 g/mol. The third-order valence-corrected chi connectivity index (χ3v) is 5.20. The van der Waals surface area contributed by atoms with Crippen LogP contribution in [0.3, 0.4) is 0 Å². The topological polar surface area (TPSA) is 81.2 Å². The quantitative estimate of drug-likeness (QED) is 0.815. The third kappa shape index (κ3) is 3.48. The zero-order valence-corrected chi connectivity index (χ0v) is 13.8. The summed E-state index contributed by atoms with van der Waals surface area (Å²) >= 11 is 0. The van der Waals surface area contributed by atoms with Crippen molar-refractivity contribution in [3.8, 4) is 0 Å². The number of aromatic amines is 1. The third-order valence-electron chi connectivity index (χ3n) is 5.20. The maximum Gasteiger partial charge on any atom is 0.175 e. The van der Waals surface area contributed by atoms with E-state index in [9.17, 15) is 5.11 Å². The van der Waals surface area contributed by atoms with Crippen molar-refractivity contribution in [3.63, 3.8) is 0 Å². The first-order valence-corrected chi connectivity index (χ1v) is 8.71. The van der Waals surface area contributed by atoms with Gasteiger partial charge in [0.1, 0.15) is 0 Å². The Balaban J connectivity index is 1.34. The Hall–Kier alpha value is -1.83. The number of fused-ring (bicyclic) bond motifs is 1. The first-order valence-electron chi connectivity index (χ1n) is 8.71. The fourth-order valence-electron chi connectivity index (χ4n) is 3.95. The molecule has 128 valence electrons. The molecule has 2 N–H and O–H groups in total. The molecule has 1 fully saturated rings. The first kappa shape index (κ1) is 15.7. The molecule has 1 aliphatic carbocycles. The van der Waals surface area contributed by atoms with Gasteiger partial charge in [0, 0.05) is 45.2 Å². The van der Waals surface area contributed by atoms with Crippen LogP contribution in [-0.4, -0.2) is 80.4 Å². The lowest BCUT2D eigenvalue weighted by molar-refractivity contribution is 0.0959. The summed E-state index contributed by atoms with van der Waals surface area (Å²) in [7, 11) is 0. The Kier molecular flexibility index (Phi) is 4.55. The van der Waals surface area contributed by atoms with Gasteiger partial charge in [0.05, 0.1) is 6.10 Å². The van der Waals surface area contributed by atoms with Gasteiger partial charge in [0.2, 0.25) is 0 Å². The summed E-state index contributed by atoms with van der Waals surface area (Å²) in [5, 5.41) is 24.5. The van der Waals surface area contributed by atoms with Crippen LogP contribution in [0.25, 0.3) is 0 Å². The van der Waals surface area contributed by atoms with E-state index in [-0.39, 0.29) is 6.10 Å². The number of tetrazole rings is 1. The summed E-state index contributed by atoms with van der Waals surface area (Å²) in [6.07, 6.45) is 2.66. The van der Waals surface area contributed by atoms with Gasteiger partial charge >= 0.3 is 0 Å². The maximum absolute atomic E-state index is 10.4. The lowest BCUT2D eigenvalue weighted by Crippen LogP contribution is -2.41. The van der Waals surface area contributed by atoms with Crippen molar-refractivity contribution in [2.24, 2.45) is 0 Å². The van der Waals surface area contributed by atoms with Crippen molar-refractivity contribution in [1.29, 1.82) is 0 Å². The van der Waals surface area contributed by atoms with E-state index in [1.165, 1.54) is 11.1 Å². The minimum atomic E-state index is -0.304. The van der Waals surface area contributed by atoms with Crippen LogP contribution in [0, 0.1) is 0 Å². The average Bonchev–Trinajstić information content (AvgIpc) is 3.21. The van der Waals surface area contributed by atoms with E-state index < -0.39 is 0 Å². The van der Waals surface area contributed by atoms with Gasteiger partial charge in [0.25, 0.3) is 0 Å². The number of nitrogens with zero attached hydrogens (tertiary/aromatic N) is 5. The summed E-state index contributed by atoms with van der Waals surface area (Å²) in [5.74, 6) is 0.733. The number of aliphatic hydroxyl groups excluding tert-OH is 1. The molecule has 7 nitrogen and oxygen atoms in total. The van der Waals surface area contributed by atoms with E-state index in [1.807, 2.05) is 0 Å². The van der Waals surface area contributed by atoms with Gasteiger partial charge in [-0.2, -0.15) is 5.21 Å². The number of hydrogen-bond donors (Lipinski definition) is 2. The van der Waals surface area contributed by atoms with E-state index in [4.69, 9.17) is 0 Å². The number of rotatable bonds is 4. The molecule has 1 saturated heterocycles. The fraction of sp³-hybridized carbons (Fsp3) is 0.588. The van der Waals surface area contributed by atoms with E-state index in [2.05, 4.69) is 54.7 Å². The number of nitrogens with one attached hydrogen (secondary N) is 1. The molecule has 0 radical (unpaired) electrons. The summed E-state index contributed by atoms with van der Waals surface area (Å²) < 4.78 is 0. The molecule has 0 saturated carbocycles. The predicted octanol–water partition coefficient (Wildman–Crippen LogP) is -0.112. The predicted molar refractivity (Wildman–Crippen MR) is 89.5 cm³/mol. The highest BCUT2D eigenvalue weighted by molar-refractivity contribution is 5.33. The summed E-state index contributed by atoms with van der Waals surface area (Å²) in [4.78, 5) is 4.78. The van der Waals surface area contributed by atoms with Crippen LogP contribution in [0.2, 0.25) is 0 Å².